The third-order valence-corrected chi connectivity index (χ3v) is 5.11. The number of rotatable bonds is 4. The highest BCUT2D eigenvalue weighted by atomic mass is 32.2. The third kappa shape index (κ3) is 3.32. The van der Waals surface area contributed by atoms with Crippen LogP contribution in [0.5, 0.6) is 5.75 Å². The lowest BCUT2D eigenvalue weighted by Gasteiger charge is -2.08. The van der Waals surface area contributed by atoms with Gasteiger partial charge in [-0.25, -0.2) is 12.8 Å². The molecule has 0 spiro atoms. The molecule has 1 aromatic rings. The molecule has 4 nitrogen and oxygen atoms in total. The molecule has 104 valence electrons. The number of carbonyl (C=O) groups is 1. The number of methoxy groups -OCH3 is 1. The number of ketones is 1. The standard InChI is InChI=1S/C13H15FO4S/c1-18-10-2-3-11(12(14)7-10)13(15)6-9-4-5-19(16,17)8-9/h2-3,7,9H,4-6,8H2,1H3. The number of hydrogen-bond acceptors (Lipinski definition) is 4. The molecule has 0 bridgehead atoms. The van der Waals surface area contributed by atoms with Gasteiger partial charge < -0.3 is 4.74 Å². The minimum absolute atomic E-state index is 0.00917. The van der Waals surface area contributed by atoms with Crippen molar-refractivity contribution in [3.05, 3.63) is 29.6 Å². The van der Waals surface area contributed by atoms with E-state index in [4.69, 9.17) is 4.74 Å². The fourth-order valence-corrected chi connectivity index (χ4v) is 4.12. The van der Waals surface area contributed by atoms with Crippen LogP contribution >= 0.6 is 0 Å². The van der Waals surface area contributed by atoms with Crippen molar-refractivity contribution in [3.63, 3.8) is 0 Å². The molecule has 0 radical (unpaired) electrons. The second-order valence-electron chi connectivity index (χ2n) is 4.74. The molecule has 1 unspecified atom stereocenters. The number of ether oxygens (including phenoxy) is 1. The van der Waals surface area contributed by atoms with Crippen molar-refractivity contribution in [2.45, 2.75) is 12.8 Å². The molecule has 0 N–H and O–H groups in total. The molecule has 1 aromatic carbocycles. The summed E-state index contributed by atoms with van der Waals surface area (Å²) >= 11 is 0. The molecule has 1 aliphatic rings. The minimum atomic E-state index is -3.01. The van der Waals surface area contributed by atoms with E-state index in [0.29, 0.717) is 12.2 Å². The number of halogens is 1. The molecule has 19 heavy (non-hydrogen) atoms. The lowest BCUT2D eigenvalue weighted by molar-refractivity contribution is 0.0961. The Hall–Kier alpha value is -1.43. The van der Waals surface area contributed by atoms with Crippen LogP contribution in [0.1, 0.15) is 23.2 Å². The number of Topliss-reactive ketones (excluding diaryl/α,β-unsaturated/α-hetero) is 1. The lowest BCUT2D eigenvalue weighted by atomic mass is 9.97. The summed E-state index contributed by atoms with van der Waals surface area (Å²) < 4.78 is 41.2. The molecule has 1 saturated heterocycles. The van der Waals surface area contributed by atoms with Gasteiger partial charge in [-0.1, -0.05) is 0 Å². The highest BCUT2D eigenvalue weighted by molar-refractivity contribution is 7.91. The van der Waals surface area contributed by atoms with Crippen LogP contribution in [-0.4, -0.2) is 32.8 Å². The summed E-state index contributed by atoms with van der Waals surface area (Å²) in [5.41, 5.74) is -0.00917. The predicted molar refractivity (Wildman–Crippen MR) is 68.7 cm³/mol. The van der Waals surface area contributed by atoms with E-state index in [2.05, 4.69) is 0 Å². The van der Waals surface area contributed by atoms with Crippen LogP contribution in [0.25, 0.3) is 0 Å². The number of hydrogen-bond donors (Lipinski definition) is 0. The van der Waals surface area contributed by atoms with Crippen LogP contribution in [0.15, 0.2) is 18.2 Å². The van der Waals surface area contributed by atoms with E-state index in [1.165, 1.54) is 19.2 Å². The van der Waals surface area contributed by atoms with Crippen LogP contribution in [0.2, 0.25) is 0 Å². The fourth-order valence-electron chi connectivity index (χ4n) is 2.25. The van der Waals surface area contributed by atoms with Crippen molar-refractivity contribution < 1.29 is 22.3 Å². The van der Waals surface area contributed by atoms with Crippen molar-refractivity contribution in [2.75, 3.05) is 18.6 Å². The molecule has 0 aliphatic carbocycles. The molecule has 0 amide bonds. The lowest BCUT2D eigenvalue weighted by Crippen LogP contribution is -2.12. The van der Waals surface area contributed by atoms with E-state index in [1.54, 1.807) is 0 Å². The van der Waals surface area contributed by atoms with Crippen molar-refractivity contribution in [3.8, 4) is 5.75 Å². The smallest absolute Gasteiger partial charge is 0.166 e. The highest BCUT2D eigenvalue weighted by Gasteiger charge is 2.30. The van der Waals surface area contributed by atoms with Gasteiger partial charge in [-0.2, -0.15) is 0 Å². The van der Waals surface area contributed by atoms with Gasteiger partial charge in [-0.15, -0.1) is 0 Å². The van der Waals surface area contributed by atoms with Gasteiger partial charge in [0.05, 0.1) is 24.2 Å². The van der Waals surface area contributed by atoms with Gasteiger partial charge in [0.2, 0.25) is 0 Å². The van der Waals surface area contributed by atoms with Crippen LogP contribution in [0, 0.1) is 11.7 Å². The van der Waals surface area contributed by atoms with E-state index < -0.39 is 15.7 Å². The first-order valence-corrected chi connectivity index (χ1v) is 7.80. The van der Waals surface area contributed by atoms with Gasteiger partial charge in [-0.05, 0) is 24.5 Å². The zero-order valence-corrected chi connectivity index (χ0v) is 11.4. The van der Waals surface area contributed by atoms with Gasteiger partial charge in [0.1, 0.15) is 11.6 Å². The van der Waals surface area contributed by atoms with Crippen molar-refractivity contribution in [1.82, 2.24) is 0 Å². The highest BCUT2D eigenvalue weighted by Crippen LogP contribution is 2.25. The summed E-state index contributed by atoms with van der Waals surface area (Å²) in [6.07, 6.45) is 0.550. The first-order valence-electron chi connectivity index (χ1n) is 5.98. The predicted octanol–water partition coefficient (Wildman–Crippen LogP) is 1.84. The summed E-state index contributed by atoms with van der Waals surface area (Å²) in [6.45, 7) is 0. The maximum atomic E-state index is 13.7. The van der Waals surface area contributed by atoms with Gasteiger partial charge in [0.25, 0.3) is 0 Å². The second-order valence-corrected chi connectivity index (χ2v) is 6.97. The summed E-state index contributed by atoms with van der Waals surface area (Å²) in [5.74, 6) is -0.698. The van der Waals surface area contributed by atoms with Crippen molar-refractivity contribution >= 4 is 15.6 Å². The van der Waals surface area contributed by atoms with Crippen LogP contribution in [-0.2, 0) is 9.84 Å². The van der Waals surface area contributed by atoms with Crippen LogP contribution < -0.4 is 4.74 Å². The van der Waals surface area contributed by atoms with Gasteiger partial charge in [0, 0.05) is 12.5 Å². The SMILES string of the molecule is COc1ccc(C(=O)CC2CCS(=O)(=O)C2)c(F)c1. The summed E-state index contributed by atoms with van der Waals surface area (Å²) in [5, 5.41) is 0. The maximum absolute atomic E-state index is 13.7. The Labute approximate surface area is 111 Å². The van der Waals surface area contributed by atoms with E-state index >= 15 is 0 Å². The first-order chi connectivity index (χ1) is 8.91. The van der Waals surface area contributed by atoms with Crippen molar-refractivity contribution in [2.24, 2.45) is 5.92 Å². The van der Waals surface area contributed by atoms with Crippen LogP contribution in [0.3, 0.4) is 0 Å². The van der Waals surface area contributed by atoms with Gasteiger partial charge in [0.15, 0.2) is 15.6 Å². The Kier molecular flexibility index (Phi) is 3.89. The topological polar surface area (TPSA) is 60.4 Å². The average Bonchev–Trinajstić information content (AvgIpc) is 2.68. The van der Waals surface area contributed by atoms with E-state index in [-0.39, 0.29) is 35.2 Å². The Morgan fingerprint density at radius 3 is 2.74 bits per heavy atom. The Bertz CT molecular complexity index is 595. The maximum Gasteiger partial charge on any atom is 0.166 e. The van der Waals surface area contributed by atoms with E-state index in [1.807, 2.05) is 0 Å². The zero-order chi connectivity index (χ0) is 14.0. The second kappa shape index (κ2) is 5.28. The van der Waals surface area contributed by atoms with E-state index in [0.717, 1.165) is 6.07 Å². The monoisotopic (exact) mass is 286 g/mol. The molecule has 0 aromatic heterocycles. The van der Waals surface area contributed by atoms with Gasteiger partial charge in [-0.3, -0.25) is 4.79 Å². The molecule has 1 aliphatic heterocycles. The first kappa shape index (κ1) is 14.0. The molecule has 2 rings (SSSR count). The number of sulfone groups is 1. The number of carbonyl (C=O) groups excluding carboxylic acids is 1. The Balaban J connectivity index is 2.08. The van der Waals surface area contributed by atoms with Crippen molar-refractivity contribution in [1.29, 1.82) is 0 Å². The quantitative estimate of drug-likeness (QED) is 0.792. The molecule has 1 atom stereocenters. The average molecular weight is 286 g/mol. The summed E-state index contributed by atoms with van der Waals surface area (Å²) in [6, 6.07) is 4.04. The Morgan fingerprint density at radius 2 is 2.21 bits per heavy atom. The summed E-state index contributed by atoms with van der Waals surface area (Å²) in [4.78, 5) is 12.0. The summed E-state index contributed by atoms with van der Waals surface area (Å²) in [7, 11) is -1.59. The molecule has 6 heteroatoms. The van der Waals surface area contributed by atoms with Crippen LogP contribution in [0.4, 0.5) is 4.39 Å². The molecule has 0 saturated carbocycles. The molecular weight excluding hydrogens is 271 g/mol. The molecular formula is C13H15FO4S. The zero-order valence-electron chi connectivity index (χ0n) is 10.6. The third-order valence-electron chi connectivity index (χ3n) is 3.28. The Morgan fingerprint density at radius 1 is 1.47 bits per heavy atom. The van der Waals surface area contributed by atoms with Gasteiger partial charge >= 0.3 is 0 Å². The molecule has 1 heterocycles. The van der Waals surface area contributed by atoms with E-state index in [9.17, 15) is 17.6 Å². The molecule has 1 fully saturated rings. The minimum Gasteiger partial charge on any atom is -0.497 e. The fraction of sp³-hybridized carbons (Fsp3) is 0.462. The number of benzene rings is 1. The largest absolute Gasteiger partial charge is 0.497 e. The normalized spacial score (nSPS) is 21.3.